The summed E-state index contributed by atoms with van der Waals surface area (Å²) in [5, 5.41) is 0. The Morgan fingerprint density at radius 1 is 1.11 bits per heavy atom. The number of hydrogen-bond donors (Lipinski definition) is 0. The van der Waals surface area contributed by atoms with Crippen molar-refractivity contribution in [1.29, 1.82) is 0 Å². The number of rotatable bonds is 5. The zero-order valence-corrected chi connectivity index (χ0v) is 24.4. The topological polar surface area (TPSA) is 45.5 Å². The highest BCUT2D eigenvalue weighted by Crippen LogP contribution is 2.69. The van der Waals surface area contributed by atoms with Gasteiger partial charge in [0.15, 0.2) is 11.6 Å². The quantitative estimate of drug-likeness (QED) is 0.193. The number of aromatic nitrogens is 2. The van der Waals surface area contributed by atoms with Gasteiger partial charge in [-0.15, -0.1) is 0 Å². The first-order valence-corrected chi connectivity index (χ1v) is 17.8. The molecule has 0 bridgehead atoms. The van der Waals surface area contributed by atoms with Gasteiger partial charge in [0.1, 0.15) is 6.73 Å². The highest BCUT2D eigenvalue weighted by molar-refractivity contribution is 6.76. The minimum Gasteiger partial charge on any atom is -0.361 e. The van der Waals surface area contributed by atoms with E-state index in [1.54, 1.807) is 5.57 Å². The molecule has 0 radical (unpaired) electrons. The molecule has 4 aliphatic rings. The summed E-state index contributed by atoms with van der Waals surface area (Å²) in [6.07, 6.45) is 14.3. The minimum absolute atomic E-state index is 0.0299. The Morgan fingerprint density at radius 3 is 2.64 bits per heavy atom. The predicted molar refractivity (Wildman–Crippen MR) is 146 cm³/mol. The van der Waals surface area contributed by atoms with Gasteiger partial charge in [-0.05, 0) is 67.4 Å². The Labute approximate surface area is 219 Å². The van der Waals surface area contributed by atoms with Crippen LogP contribution in [0.25, 0.3) is 0 Å². The van der Waals surface area contributed by atoms with Crippen molar-refractivity contribution in [2.75, 3.05) is 19.8 Å². The second-order valence-electron chi connectivity index (χ2n) is 13.6. The van der Waals surface area contributed by atoms with Gasteiger partial charge in [-0.25, -0.2) is 4.98 Å². The van der Waals surface area contributed by atoms with Crippen LogP contribution in [0.4, 0.5) is 0 Å². The van der Waals surface area contributed by atoms with E-state index in [4.69, 9.17) is 14.2 Å². The second kappa shape index (κ2) is 9.41. The fraction of sp³-hybridized carbons (Fsp3) is 0.767. The predicted octanol–water partition coefficient (Wildman–Crippen LogP) is 6.62. The van der Waals surface area contributed by atoms with Crippen molar-refractivity contribution in [3.05, 3.63) is 29.9 Å². The van der Waals surface area contributed by atoms with E-state index in [2.05, 4.69) is 67.9 Å². The van der Waals surface area contributed by atoms with Gasteiger partial charge in [0.05, 0.1) is 18.6 Å². The van der Waals surface area contributed by atoms with Gasteiger partial charge >= 0.3 is 0 Å². The molecule has 1 aromatic rings. The maximum Gasteiger partial charge on any atom is 0.187 e. The van der Waals surface area contributed by atoms with Gasteiger partial charge in [0, 0.05) is 38.9 Å². The Kier molecular flexibility index (Phi) is 6.86. The monoisotopic (exact) mass is 510 g/mol. The van der Waals surface area contributed by atoms with Gasteiger partial charge in [-0.2, -0.15) is 0 Å². The van der Waals surface area contributed by atoms with Gasteiger partial charge < -0.3 is 18.8 Å². The zero-order valence-electron chi connectivity index (χ0n) is 23.4. The molecule has 1 aromatic heterocycles. The van der Waals surface area contributed by atoms with E-state index in [1.165, 1.54) is 18.9 Å². The van der Waals surface area contributed by atoms with Crippen LogP contribution in [-0.4, -0.2) is 43.2 Å². The first-order chi connectivity index (χ1) is 17.0. The highest BCUT2D eigenvalue weighted by Gasteiger charge is 2.65. The number of allylic oxidation sites excluding steroid dienone is 2. The number of fused-ring (bicyclic) bond motifs is 3. The molecule has 1 saturated heterocycles. The molecule has 0 unspecified atom stereocenters. The van der Waals surface area contributed by atoms with Crippen molar-refractivity contribution in [2.45, 2.75) is 104 Å². The van der Waals surface area contributed by atoms with E-state index in [0.29, 0.717) is 12.6 Å². The summed E-state index contributed by atoms with van der Waals surface area (Å²) in [6.45, 7) is 17.2. The van der Waals surface area contributed by atoms with Gasteiger partial charge in [-0.3, -0.25) is 0 Å². The summed E-state index contributed by atoms with van der Waals surface area (Å²) < 4.78 is 20.7. The molecule has 0 amide bonds. The van der Waals surface area contributed by atoms with E-state index in [-0.39, 0.29) is 16.2 Å². The third-order valence-corrected chi connectivity index (χ3v) is 11.6. The maximum atomic E-state index is 6.33. The number of hydrogen-bond acceptors (Lipinski definition) is 4. The van der Waals surface area contributed by atoms with E-state index in [0.717, 1.165) is 57.7 Å². The number of imidazole rings is 1. The summed E-state index contributed by atoms with van der Waals surface area (Å²) >= 11 is 0. The van der Waals surface area contributed by atoms with E-state index in [1.807, 2.05) is 12.4 Å². The van der Waals surface area contributed by atoms with Crippen molar-refractivity contribution in [3.8, 4) is 11.8 Å². The van der Waals surface area contributed by atoms with Crippen LogP contribution in [0.3, 0.4) is 0 Å². The second-order valence-corrected chi connectivity index (χ2v) is 19.2. The van der Waals surface area contributed by atoms with Crippen molar-refractivity contribution in [2.24, 2.45) is 22.2 Å². The van der Waals surface area contributed by atoms with E-state index in [9.17, 15) is 0 Å². The first kappa shape index (κ1) is 26.2. The van der Waals surface area contributed by atoms with Crippen LogP contribution in [0.1, 0.15) is 71.5 Å². The molecular weight excluding hydrogens is 464 g/mol. The zero-order chi connectivity index (χ0) is 25.7. The molecule has 1 aliphatic heterocycles. The summed E-state index contributed by atoms with van der Waals surface area (Å²) in [6, 6.07) is 1.17. The lowest BCUT2D eigenvalue weighted by molar-refractivity contribution is -0.284. The summed E-state index contributed by atoms with van der Waals surface area (Å²) in [5.74, 6) is 8.29. The molecule has 5 rings (SSSR count). The van der Waals surface area contributed by atoms with Crippen molar-refractivity contribution < 1.29 is 14.2 Å². The van der Waals surface area contributed by atoms with Crippen molar-refractivity contribution >= 4 is 8.07 Å². The molecule has 2 heterocycles. The molecule has 198 valence electrons. The smallest absolute Gasteiger partial charge is 0.187 e. The minimum atomic E-state index is -1.09. The largest absolute Gasteiger partial charge is 0.361 e. The molecule has 3 aliphatic carbocycles. The third-order valence-electron chi connectivity index (χ3n) is 9.85. The Bertz CT molecular complexity index is 1050. The Morgan fingerprint density at radius 2 is 1.89 bits per heavy atom. The summed E-state index contributed by atoms with van der Waals surface area (Å²) in [4.78, 5) is 4.60. The Hall–Kier alpha value is -1.39. The molecule has 0 aromatic carbocycles. The third kappa shape index (κ3) is 4.44. The van der Waals surface area contributed by atoms with Crippen LogP contribution >= 0.6 is 0 Å². The molecule has 1 spiro atoms. The molecule has 5 nitrogen and oxygen atoms in total. The lowest BCUT2D eigenvalue weighted by atomic mass is 9.43. The fourth-order valence-corrected chi connectivity index (χ4v) is 8.57. The van der Waals surface area contributed by atoms with Gasteiger partial charge in [0.2, 0.25) is 0 Å². The molecule has 3 atom stereocenters. The molecule has 6 heteroatoms. The van der Waals surface area contributed by atoms with Crippen LogP contribution in [0.5, 0.6) is 0 Å². The SMILES string of the molecule is CC1(C)[C@@H]2CC[C@@]3(C#Cc4nccn4COCC[Si](C)(C)C)CCCC=C3[C@@]2(C)CCC12OCCO2. The lowest BCUT2D eigenvalue weighted by Gasteiger charge is -2.64. The average Bonchev–Trinajstić information content (AvgIpc) is 3.48. The number of ether oxygens (including phenoxy) is 3. The van der Waals surface area contributed by atoms with Crippen molar-refractivity contribution in [1.82, 2.24) is 9.55 Å². The standard InChI is InChI=1S/C30H46N2O3Si/c1-27(2)24-10-13-29(14-11-26-31-17-18-32(26)23-33-21-22-36(4,5)6)12-8-7-9-25(29)28(24,3)15-16-30(27)34-19-20-35-30/h9,17-18,24H,7-8,10,12-13,15-16,19-23H2,1-6H3/t24-,28-,29+/m0/s1. The van der Waals surface area contributed by atoms with Crippen LogP contribution in [0.2, 0.25) is 25.7 Å². The van der Waals surface area contributed by atoms with Crippen LogP contribution in [0.15, 0.2) is 24.0 Å². The van der Waals surface area contributed by atoms with Crippen LogP contribution in [0, 0.1) is 34.0 Å². The molecule has 2 saturated carbocycles. The maximum absolute atomic E-state index is 6.33. The van der Waals surface area contributed by atoms with Crippen molar-refractivity contribution in [3.63, 3.8) is 0 Å². The van der Waals surface area contributed by atoms with E-state index < -0.39 is 13.9 Å². The average molecular weight is 511 g/mol. The van der Waals surface area contributed by atoms with Gasteiger partial charge in [-0.1, -0.05) is 52.4 Å². The van der Waals surface area contributed by atoms with Gasteiger partial charge in [0.25, 0.3) is 0 Å². The molecule has 36 heavy (non-hydrogen) atoms. The normalized spacial score (nSPS) is 32.8. The lowest BCUT2D eigenvalue weighted by Crippen LogP contribution is -2.61. The van der Waals surface area contributed by atoms with Crippen LogP contribution < -0.4 is 0 Å². The summed E-state index contributed by atoms with van der Waals surface area (Å²) in [5.41, 5.74) is 1.65. The first-order valence-electron chi connectivity index (χ1n) is 14.1. The van der Waals surface area contributed by atoms with E-state index >= 15 is 0 Å². The molecule has 3 fully saturated rings. The fourth-order valence-electron chi connectivity index (χ4n) is 7.81. The summed E-state index contributed by atoms with van der Waals surface area (Å²) in [7, 11) is -1.09. The Balaban J connectivity index is 1.38. The molecular formula is C30H46N2O3Si. The highest BCUT2D eigenvalue weighted by atomic mass is 28.3. The van der Waals surface area contributed by atoms with Crippen LogP contribution in [-0.2, 0) is 20.9 Å². The number of nitrogens with zero attached hydrogens (tertiary/aromatic N) is 2. The molecule has 0 N–H and O–H groups in total.